The summed E-state index contributed by atoms with van der Waals surface area (Å²) in [6, 6.07) is 41.1. The fourth-order valence-electron chi connectivity index (χ4n) is 4.10. The molecule has 4 rings (SSSR count). The van der Waals surface area contributed by atoms with E-state index in [-0.39, 0.29) is 0 Å². The standard InChI is InChI=1S/C7H8O.3C7H7.Zr/c1-6-4-2-3-5-7(6)8;3*1-7-5-3-2-4-6-7;/h2-5,8H,1H3;3*2-6H,1H2;/q;;;;+1/p-1. The predicted molar refractivity (Wildman–Crippen MR) is 122 cm³/mol. The van der Waals surface area contributed by atoms with E-state index in [2.05, 4.69) is 122 Å². The van der Waals surface area contributed by atoms with E-state index in [1.165, 1.54) is 22.3 Å². The SMILES string of the molecule is Cc1ccccc1[O][Zr]([CH2]c1ccccc1)([CH2]c1ccccc1)[CH2]c1ccccc1. The van der Waals surface area contributed by atoms with Crippen LogP contribution in [0.4, 0.5) is 0 Å². The van der Waals surface area contributed by atoms with Crippen LogP contribution in [0.3, 0.4) is 0 Å². The maximum absolute atomic E-state index is 7.15. The molecular weight excluding hydrogens is 444 g/mol. The molecule has 0 heterocycles. The van der Waals surface area contributed by atoms with Crippen LogP contribution in [0.2, 0.25) is 0 Å². The molecule has 0 atom stereocenters. The first kappa shape index (κ1) is 20.8. The number of aryl methyl sites for hydroxylation is 1. The molecule has 4 aromatic rings. The fraction of sp³-hybridized carbons (Fsp3) is 0.143. The first-order valence-electron chi connectivity index (χ1n) is 10.6. The maximum atomic E-state index is 7.15. The van der Waals surface area contributed by atoms with Crippen molar-refractivity contribution in [1.29, 1.82) is 0 Å². The van der Waals surface area contributed by atoms with E-state index in [9.17, 15) is 0 Å². The first-order chi connectivity index (χ1) is 14.7. The van der Waals surface area contributed by atoms with Crippen molar-refractivity contribution >= 4 is 0 Å². The molecule has 0 saturated heterocycles. The second-order valence-electron chi connectivity index (χ2n) is 8.04. The summed E-state index contributed by atoms with van der Waals surface area (Å²) in [6.45, 7) is 2.15. The summed E-state index contributed by atoms with van der Waals surface area (Å²) in [6.07, 6.45) is 0. The van der Waals surface area contributed by atoms with E-state index in [0.717, 1.165) is 18.1 Å². The summed E-state index contributed by atoms with van der Waals surface area (Å²) < 4.78 is 10.3. The topological polar surface area (TPSA) is 9.23 Å². The van der Waals surface area contributed by atoms with E-state index < -0.39 is 20.7 Å². The number of para-hydroxylation sites is 1. The van der Waals surface area contributed by atoms with Gasteiger partial charge in [-0.3, -0.25) is 0 Å². The number of benzene rings is 4. The monoisotopic (exact) mass is 470 g/mol. The zero-order valence-corrected chi connectivity index (χ0v) is 20.0. The van der Waals surface area contributed by atoms with Gasteiger partial charge in [-0.2, -0.15) is 0 Å². The van der Waals surface area contributed by atoms with Crippen LogP contribution in [0.25, 0.3) is 0 Å². The Balaban J connectivity index is 1.78. The summed E-state index contributed by atoms with van der Waals surface area (Å²) in [5.41, 5.74) is 5.36. The molecule has 0 fully saturated rings. The second kappa shape index (κ2) is 10.0. The van der Waals surface area contributed by atoms with Crippen molar-refractivity contribution in [3.8, 4) is 5.75 Å². The van der Waals surface area contributed by atoms with Crippen molar-refractivity contribution in [3.63, 3.8) is 0 Å². The zero-order chi connectivity index (χ0) is 20.7. The first-order valence-corrected chi connectivity index (χ1v) is 16.8. The molecular formula is C28H28OZr. The van der Waals surface area contributed by atoms with Crippen LogP contribution in [-0.4, -0.2) is 0 Å². The van der Waals surface area contributed by atoms with Crippen LogP contribution in [0, 0.1) is 6.92 Å². The molecule has 0 aromatic heterocycles. The van der Waals surface area contributed by atoms with Gasteiger partial charge in [-0.15, -0.1) is 0 Å². The second-order valence-corrected chi connectivity index (χ2v) is 17.0. The molecule has 2 heteroatoms. The minimum absolute atomic E-state index is 1.05. The van der Waals surface area contributed by atoms with Crippen molar-refractivity contribution in [1.82, 2.24) is 0 Å². The van der Waals surface area contributed by atoms with Gasteiger partial charge in [0.05, 0.1) is 0 Å². The van der Waals surface area contributed by atoms with Gasteiger partial charge in [-0.1, -0.05) is 0 Å². The van der Waals surface area contributed by atoms with Crippen LogP contribution in [-0.2, 0) is 33.1 Å². The van der Waals surface area contributed by atoms with Crippen molar-refractivity contribution in [3.05, 3.63) is 138 Å². The Hall–Kier alpha value is -2.44. The Morgan fingerprint density at radius 3 is 1.27 bits per heavy atom. The Morgan fingerprint density at radius 2 is 0.867 bits per heavy atom. The van der Waals surface area contributed by atoms with Gasteiger partial charge < -0.3 is 0 Å². The summed E-state index contributed by atoms with van der Waals surface area (Å²) >= 11 is -3.26. The third-order valence-electron chi connectivity index (χ3n) is 5.53. The van der Waals surface area contributed by atoms with Gasteiger partial charge in [0.2, 0.25) is 0 Å². The number of hydrogen-bond donors (Lipinski definition) is 0. The fourth-order valence-corrected chi connectivity index (χ4v) is 14.5. The normalized spacial score (nSPS) is 11.2. The molecule has 0 amide bonds. The Morgan fingerprint density at radius 1 is 0.500 bits per heavy atom. The third kappa shape index (κ3) is 5.58. The molecule has 0 bridgehead atoms. The Bertz CT molecular complexity index is 944. The third-order valence-corrected chi connectivity index (χ3v) is 14.9. The van der Waals surface area contributed by atoms with Gasteiger partial charge in [0.1, 0.15) is 0 Å². The van der Waals surface area contributed by atoms with Crippen LogP contribution in [0.1, 0.15) is 22.3 Å². The Kier molecular flexibility index (Phi) is 6.97. The number of hydrogen-bond acceptors (Lipinski definition) is 1. The molecule has 0 aliphatic carbocycles. The molecule has 0 unspecified atom stereocenters. The van der Waals surface area contributed by atoms with Crippen LogP contribution >= 0.6 is 0 Å². The van der Waals surface area contributed by atoms with E-state index in [0.29, 0.717) is 0 Å². The minimum atomic E-state index is -3.26. The Labute approximate surface area is 185 Å². The van der Waals surface area contributed by atoms with Gasteiger partial charge in [-0.05, 0) is 0 Å². The summed E-state index contributed by atoms with van der Waals surface area (Å²) in [4.78, 5) is 0. The number of rotatable bonds is 8. The van der Waals surface area contributed by atoms with Crippen LogP contribution in [0.5, 0.6) is 5.75 Å². The van der Waals surface area contributed by atoms with Gasteiger partial charge in [0, 0.05) is 0 Å². The van der Waals surface area contributed by atoms with E-state index in [4.69, 9.17) is 2.81 Å². The average Bonchev–Trinajstić information content (AvgIpc) is 2.77. The van der Waals surface area contributed by atoms with Crippen molar-refractivity contribution in [2.75, 3.05) is 0 Å². The molecule has 0 spiro atoms. The van der Waals surface area contributed by atoms with Crippen LogP contribution < -0.4 is 2.81 Å². The van der Waals surface area contributed by atoms with Crippen molar-refractivity contribution in [2.45, 2.75) is 19.3 Å². The zero-order valence-electron chi connectivity index (χ0n) is 17.5. The molecule has 0 aliphatic rings. The molecule has 0 saturated carbocycles. The quantitative estimate of drug-likeness (QED) is 0.268. The molecule has 150 valence electrons. The molecule has 0 radical (unpaired) electrons. The molecule has 0 aliphatic heterocycles. The molecule has 30 heavy (non-hydrogen) atoms. The van der Waals surface area contributed by atoms with Crippen molar-refractivity contribution < 1.29 is 23.5 Å². The van der Waals surface area contributed by atoms with E-state index >= 15 is 0 Å². The average molecular weight is 472 g/mol. The van der Waals surface area contributed by atoms with Crippen molar-refractivity contribution in [2.24, 2.45) is 0 Å². The van der Waals surface area contributed by atoms with Crippen LogP contribution in [0.15, 0.2) is 115 Å². The summed E-state index contributed by atoms with van der Waals surface area (Å²) in [5, 5.41) is 0. The molecule has 0 N–H and O–H groups in total. The molecule has 4 aromatic carbocycles. The van der Waals surface area contributed by atoms with E-state index in [1.54, 1.807) is 0 Å². The van der Waals surface area contributed by atoms with Gasteiger partial charge >= 0.3 is 186 Å². The van der Waals surface area contributed by atoms with Gasteiger partial charge in [0.25, 0.3) is 0 Å². The van der Waals surface area contributed by atoms with Gasteiger partial charge in [-0.25, -0.2) is 0 Å². The van der Waals surface area contributed by atoms with Gasteiger partial charge in [0.15, 0.2) is 0 Å². The predicted octanol–water partition coefficient (Wildman–Crippen LogP) is 7.04. The summed E-state index contributed by atoms with van der Waals surface area (Å²) in [7, 11) is 0. The van der Waals surface area contributed by atoms with E-state index in [1.807, 2.05) is 0 Å². The summed E-state index contributed by atoms with van der Waals surface area (Å²) in [5.74, 6) is 1.05. The molecule has 1 nitrogen and oxygen atoms in total.